The number of hydrogen-bond donors (Lipinski definition) is 1. The third-order valence-electron chi connectivity index (χ3n) is 3.92. The summed E-state index contributed by atoms with van der Waals surface area (Å²) in [4.78, 5) is 20.2. The summed E-state index contributed by atoms with van der Waals surface area (Å²) in [6.45, 7) is 2.08. The Hall–Kier alpha value is -1.66. The summed E-state index contributed by atoms with van der Waals surface area (Å²) in [6.07, 6.45) is 3.71. The van der Waals surface area contributed by atoms with Crippen LogP contribution in [0.5, 0.6) is 0 Å². The summed E-state index contributed by atoms with van der Waals surface area (Å²) in [6, 6.07) is 2.05. The largest absolute Gasteiger partial charge is 0.464 e. The van der Waals surface area contributed by atoms with Gasteiger partial charge in [0.15, 0.2) is 11.3 Å². The van der Waals surface area contributed by atoms with Gasteiger partial charge in [0.25, 0.3) is 0 Å². The highest BCUT2D eigenvalue weighted by Crippen LogP contribution is 2.28. The van der Waals surface area contributed by atoms with Crippen molar-refractivity contribution in [2.45, 2.75) is 18.8 Å². The monoisotopic (exact) mass is 310 g/mol. The molecule has 1 fully saturated rings. The normalized spacial score (nSPS) is 15.7. The first-order valence-corrected chi connectivity index (χ1v) is 6.82. The van der Waals surface area contributed by atoms with Crippen LogP contribution in [-0.2, 0) is 11.8 Å². The molecule has 2 aromatic rings. The number of nitrogens with one attached hydrogen (secondary N) is 1. The molecule has 1 saturated heterocycles. The second kappa shape index (κ2) is 6.41. The first-order chi connectivity index (χ1) is 9.70. The summed E-state index contributed by atoms with van der Waals surface area (Å²) in [5.41, 5.74) is 3.06. The van der Waals surface area contributed by atoms with Crippen LogP contribution in [0.25, 0.3) is 11.2 Å². The molecule has 1 N–H and O–H groups in total. The van der Waals surface area contributed by atoms with Crippen molar-refractivity contribution in [1.82, 2.24) is 19.9 Å². The quantitative estimate of drug-likeness (QED) is 0.854. The maximum Gasteiger partial charge on any atom is 0.358 e. The lowest BCUT2D eigenvalue weighted by Crippen LogP contribution is -2.27. The Morgan fingerprint density at radius 3 is 2.81 bits per heavy atom. The van der Waals surface area contributed by atoms with Crippen LogP contribution in [0.2, 0.25) is 0 Å². The molecule has 0 spiro atoms. The van der Waals surface area contributed by atoms with E-state index < -0.39 is 5.97 Å². The highest BCUT2D eigenvalue weighted by Gasteiger charge is 2.21. The van der Waals surface area contributed by atoms with Crippen molar-refractivity contribution in [1.29, 1.82) is 0 Å². The number of fused-ring (bicyclic) bond motifs is 1. The molecule has 1 aliphatic heterocycles. The van der Waals surface area contributed by atoms with Gasteiger partial charge < -0.3 is 14.6 Å². The number of aromatic nitrogens is 3. The Labute approximate surface area is 129 Å². The Kier molecular flexibility index (Phi) is 4.80. The lowest BCUT2D eigenvalue weighted by Gasteiger charge is -2.23. The number of carbonyl (C=O) groups excluding carboxylic acids is 1. The molecule has 0 aromatic carbocycles. The lowest BCUT2D eigenvalue weighted by atomic mass is 9.95. The molecular weight excluding hydrogens is 292 g/mol. The molecule has 3 heterocycles. The van der Waals surface area contributed by atoms with Gasteiger partial charge in [0.05, 0.1) is 13.3 Å². The van der Waals surface area contributed by atoms with E-state index in [-0.39, 0.29) is 18.1 Å². The van der Waals surface area contributed by atoms with Gasteiger partial charge in [-0.25, -0.2) is 14.8 Å². The van der Waals surface area contributed by atoms with Crippen molar-refractivity contribution < 1.29 is 9.53 Å². The minimum absolute atomic E-state index is 0. The third kappa shape index (κ3) is 2.87. The fourth-order valence-corrected chi connectivity index (χ4v) is 2.82. The van der Waals surface area contributed by atoms with E-state index >= 15 is 0 Å². The number of aryl methyl sites for hydroxylation is 1. The topological polar surface area (TPSA) is 69.0 Å². The molecule has 114 valence electrons. The molecule has 1 aliphatic rings. The number of carbonyl (C=O) groups is 1. The van der Waals surface area contributed by atoms with Crippen LogP contribution >= 0.6 is 12.4 Å². The molecule has 0 radical (unpaired) electrons. The molecule has 0 aliphatic carbocycles. The van der Waals surface area contributed by atoms with Crippen LogP contribution in [-0.4, -0.2) is 40.7 Å². The van der Waals surface area contributed by atoms with Crippen LogP contribution < -0.4 is 5.32 Å². The summed E-state index contributed by atoms with van der Waals surface area (Å²) < 4.78 is 6.76. The molecule has 0 amide bonds. The Bertz CT molecular complexity index is 650. The first kappa shape index (κ1) is 15.7. The minimum atomic E-state index is -0.452. The van der Waals surface area contributed by atoms with Gasteiger partial charge in [-0.1, -0.05) is 0 Å². The van der Waals surface area contributed by atoms with Crippen molar-refractivity contribution >= 4 is 29.5 Å². The molecule has 0 bridgehead atoms. The van der Waals surface area contributed by atoms with E-state index in [2.05, 4.69) is 24.6 Å². The predicted octanol–water partition coefficient (Wildman–Crippen LogP) is 1.64. The van der Waals surface area contributed by atoms with E-state index in [0.29, 0.717) is 5.92 Å². The number of hydrogen-bond acceptors (Lipinski definition) is 5. The number of piperidine rings is 1. The number of rotatable bonds is 2. The molecule has 2 aromatic heterocycles. The first-order valence-electron chi connectivity index (χ1n) is 6.82. The van der Waals surface area contributed by atoms with Gasteiger partial charge >= 0.3 is 5.97 Å². The summed E-state index contributed by atoms with van der Waals surface area (Å²) in [7, 11) is 3.35. The Balaban J connectivity index is 0.00000161. The summed E-state index contributed by atoms with van der Waals surface area (Å²) in [5, 5.41) is 3.37. The van der Waals surface area contributed by atoms with Crippen molar-refractivity contribution in [3.8, 4) is 0 Å². The van der Waals surface area contributed by atoms with Gasteiger partial charge in [-0.3, -0.25) is 0 Å². The molecular formula is C14H19ClN4O2. The smallest absolute Gasteiger partial charge is 0.358 e. The Morgan fingerprint density at radius 2 is 2.14 bits per heavy atom. The second-order valence-corrected chi connectivity index (χ2v) is 5.11. The lowest BCUT2D eigenvalue weighted by molar-refractivity contribution is 0.0594. The van der Waals surface area contributed by atoms with Crippen LogP contribution in [0.15, 0.2) is 12.3 Å². The summed E-state index contributed by atoms with van der Waals surface area (Å²) in [5.74, 6) is 0.0745. The average molecular weight is 311 g/mol. The molecule has 0 saturated carbocycles. The van der Waals surface area contributed by atoms with Gasteiger partial charge in [-0.05, 0) is 32.0 Å². The zero-order valence-corrected chi connectivity index (χ0v) is 12.9. The molecule has 6 nitrogen and oxygen atoms in total. The fraction of sp³-hybridized carbons (Fsp3) is 0.500. The maximum atomic E-state index is 11.5. The van der Waals surface area contributed by atoms with Crippen LogP contribution in [0.1, 0.15) is 34.9 Å². The minimum Gasteiger partial charge on any atom is -0.464 e. The van der Waals surface area contributed by atoms with E-state index in [1.165, 1.54) is 19.0 Å². The number of ether oxygens (including phenoxy) is 1. The van der Waals surface area contributed by atoms with E-state index in [0.717, 1.165) is 37.1 Å². The second-order valence-electron chi connectivity index (χ2n) is 5.11. The van der Waals surface area contributed by atoms with Crippen molar-refractivity contribution in [3.05, 3.63) is 23.7 Å². The van der Waals surface area contributed by atoms with Crippen molar-refractivity contribution in [2.75, 3.05) is 20.2 Å². The zero-order valence-electron chi connectivity index (χ0n) is 12.1. The van der Waals surface area contributed by atoms with E-state index in [4.69, 9.17) is 0 Å². The van der Waals surface area contributed by atoms with Gasteiger partial charge in [-0.15, -0.1) is 12.4 Å². The van der Waals surface area contributed by atoms with Crippen molar-refractivity contribution in [3.63, 3.8) is 0 Å². The molecule has 0 unspecified atom stereocenters. The number of halogens is 1. The highest BCUT2D eigenvalue weighted by molar-refractivity contribution is 5.89. The molecule has 7 heteroatoms. The van der Waals surface area contributed by atoms with Gasteiger partial charge in [0.1, 0.15) is 5.52 Å². The average Bonchev–Trinajstić information content (AvgIpc) is 2.84. The van der Waals surface area contributed by atoms with Gasteiger partial charge in [0.2, 0.25) is 0 Å². The maximum absolute atomic E-state index is 11.5. The Morgan fingerprint density at radius 1 is 1.43 bits per heavy atom. The van der Waals surface area contributed by atoms with Crippen LogP contribution in [0.4, 0.5) is 0 Å². The number of esters is 1. The third-order valence-corrected chi connectivity index (χ3v) is 3.92. The highest BCUT2D eigenvalue weighted by atomic mass is 35.5. The zero-order chi connectivity index (χ0) is 14.1. The molecule has 3 rings (SSSR count). The van der Waals surface area contributed by atoms with E-state index in [1.807, 2.05) is 13.1 Å². The number of methoxy groups -OCH3 is 1. The standard InChI is InChI=1S/C14H18N4O2.ClH/c1-18-12(9-3-5-15-6-4-9)7-10-13(18)16-8-11(17-10)14(19)20-2;/h7-9,15H,3-6H2,1-2H3;1H. The van der Waals surface area contributed by atoms with E-state index in [9.17, 15) is 4.79 Å². The van der Waals surface area contributed by atoms with Gasteiger partial charge in [0, 0.05) is 18.7 Å². The predicted molar refractivity (Wildman–Crippen MR) is 81.9 cm³/mol. The van der Waals surface area contributed by atoms with Crippen molar-refractivity contribution in [2.24, 2.45) is 7.05 Å². The van der Waals surface area contributed by atoms with Crippen LogP contribution in [0.3, 0.4) is 0 Å². The SMILES string of the molecule is COC(=O)c1cnc2c(cc(C3CCNCC3)n2C)n1.Cl. The molecule has 0 atom stereocenters. The number of nitrogens with zero attached hydrogens (tertiary/aromatic N) is 3. The summed E-state index contributed by atoms with van der Waals surface area (Å²) >= 11 is 0. The van der Waals surface area contributed by atoms with Gasteiger partial charge in [-0.2, -0.15) is 0 Å². The fourth-order valence-electron chi connectivity index (χ4n) is 2.82. The van der Waals surface area contributed by atoms with Crippen LogP contribution in [0, 0.1) is 0 Å². The van der Waals surface area contributed by atoms with E-state index in [1.54, 1.807) is 0 Å². The molecule has 21 heavy (non-hydrogen) atoms.